The molecule has 2 heterocycles. The van der Waals surface area contributed by atoms with Gasteiger partial charge in [0.15, 0.2) is 0 Å². The molecule has 2 aromatic carbocycles. The van der Waals surface area contributed by atoms with Crippen LogP contribution < -0.4 is 9.64 Å². The number of aliphatic hydroxyl groups is 1. The maximum Gasteiger partial charge on any atom is 0.300 e. The van der Waals surface area contributed by atoms with Crippen LogP contribution in [0.25, 0.3) is 5.76 Å². The van der Waals surface area contributed by atoms with Gasteiger partial charge in [-0.25, -0.2) is 4.39 Å². The maximum atomic E-state index is 13.5. The molecule has 1 fully saturated rings. The van der Waals surface area contributed by atoms with Crippen molar-refractivity contribution in [1.29, 1.82) is 0 Å². The van der Waals surface area contributed by atoms with Crippen molar-refractivity contribution >= 4 is 23.1 Å². The summed E-state index contributed by atoms with van der Waals surface area (Å²) in [5, 5.41) is 11.3. The van der Waals surface area contributed by atoms with Gasteiger partial charge in [0.25, 0.3) is 11.7 Å². The minimum absolute atomic E-state index is 0.0556. The molecule has 32 heavy (non-hydrogen) atoms. The van der Waals surface area contributed by atoms with E-state index >= 15 is 0 Å². The first-order chi connectivity index (χ1) is 15.3. The van der Waals surface area contributed by atoms with E-state index in [1.54, 1.807) is 44.5 Å². The molecule has 6 nitrogen and oxygen atoms in total. The molecular formula is C25H21FN2O4. The van der Waals surface area contributed by atoms with E-state index in [1.807, 2.05) is 6.92 Å². The molecular weight excluding hydrogens is 411 g/mol. The Balaban J connectivity index is 1.96. The van der Waals surface area contributed by atoms with Gasteiger partial charge < -0.3 is 9.84 Å². The normalized spacial score (nSPS) is 17.6. The Hall–Kier alpha value is -4.00. The third-order valence-corrected chi connectivity index (χ3v) is 5.55. The van der Waals surface area contributed by atoms with Crippen LogP contribution in [0.5, 0.6) is 5.75 Å². The van der Waals surface area contributed by atoms with Gasteiger partial charge in [-0.2, -0.15) is 0 Å². The molecule has 1 amide bonds. The van der Waals surface area contributed by atoms with E-state index in [0.29, 0.717) is 28.1 Å². The summed E-state index contributed by atoms with van der Waals surface area (Å²) in [6, 6.07) is 11.2. The minimum Gasteiger partial charge on any atom is -0.507 e. The van der Waals surface area contributed by atoms with E-state index in [4.69, 9.17) is 4.74 Å². The van der Waals surface area contributed by atoms with Crippen molar-refractivity contribution in [1.82, 2.24) is 4.98 Å². The Morgan fingerprint density at radius 3 is 2.44 bits per heavy atom. The molecule has 162 valence electrons. The first kappa shape index (κ1) is 21.2. The van der Waals surface area contributed by atoms with Crippen LogP contribution in [0.1, 0.15) is 28.3 Å². The number of rotatable bonds is 4. The number of pyridine rings is 1. The van der Waals surface area contributed by atoms with Gasteiger partial charge in [-0.1, -0.05) is 6.07 Å². The molecule has 7 heteroatoms. The zero-order valence-electron chi connectivity index (χ0n) is 17.8. The molecule has 1 aliphatic heterocycles. The van der Waals surface area contributed by atoms with Gasteiger partial charge in [0.1, 0.15) is 17.3 Å². The Labute approximate surface area is 184 Å². The molecule has 4 rings (SSSR count). The Morgan fingerprint density at radius 2 is 1.81 bits per heavy atom. The summed E-state index contributed by atoms with van der Waals surface area (Å²) in [4.78, 5) is 31.6. The van der Waals surface area contributed by atoms with Gasteiger partial charge in [0, 0.05) is 23.6 Å². The summed E-state index contributed by atoms with van der Waals surface area (Å²) in [7, 11) is 1.55. The smallest absolute Gasteiger partial charge is 0.300 e. The predicted molar refractivity (Wildman–Crippen MR) is 118 cm³/mol. The number of anilines is 1. The highest BCUT2D eigenvalue weighted by atomic mass is 19.1. The second-order valence-corrected chi connectivity index (χ2v) is 7.57. The van der Waals surface area contributed by atoms with Crippen LogP contribution in [-0.4, -0.2) is 28.9 Å². The third-order valence-electron chi connectivity index (χ3n) is 5.55. The van der Waals surface area contributed by atoms with E-state index in [1.165, 1.54) is 35.4 Å². The quantitative estimate of drug-likeness (QED) is 0.374. The Kier molecular flexibility index (Phi) is 5.48. The molecule has 1 unspecified atom stereocenters. The number of ether oxygens (including phenoxy) is 1. The van der Waals surface area contributed by atoms with Gasteiger partial charge in [0.05, 0.1) is 18.7 Å². The molecule has 3 aromatic rings. The monoisotopic (exact) mass is 432 g/mol. The number of hydrogen-bond donors (Lipinski definition) is 1. The highest BCUT2D eigenvalue weighted by molar-refractivity contribution is 6.51. The lowest BCUT2D eigenvalue weighted by Gasteiger charge is -2.25. The second kappa shape index (κ2) is 8.26. The number of aliphatic hydroxyl groups excluding tert-OH is 1. The number of halogens is 1. The fourth-order valence-corrected chi connectivity index (χ4v) is 3.96. The lowest BCUT2D eigenvalue weighted by Crippen LogP contribution is -2.29. The third kappa shape index (κ3) is 3.51. The molecule has 1 N–H and O–H groups in total. The molecule has 0 bridgehead atoms. The molecule has 1 atom stereocenters. The Morgan fingerprint density at radius 1 is 1.09 bits per heavy atom. The molecule has 0 spiro atoms. The fraction of sp³-hybridized carbons (Fsp3) is 0.160. The van der Waals surface area contributed by atoms with Crippen LogP contribution in [0.4, 0.5) is 10.1 Å². The average molecular weight is 432 g/mol. The topological polar surface area (TPSA) is 79.7 Å². The molecule has 0 saturated carbocycles. The molecule has 0 aliphatic carbocycles. The number of carbonyl (C=O) groups excluding carboxylic acids is 2. The highest BCUT2D eigenvalue weighted by Gasteiger charge is 2.47. The van der Waals surface area contributed by atoms with Crippen molar-refractivity contribution < 1.29 is 23.8 Å². The summed E-state index contributed by atoms with van der Waals surface area (Å²) in [5.41, 5.74) is 2.70. The van der Waals surface area contributed by atoms with Gasteiger partial charge in [-0.15, -0.1) is 0 Å². The number of benzene rings is 2. The van der Waals surface area contributed by atoms with Gasteiger partial charge in [-0.3, -0.25) is 19.5 Å². The number of aromatic nitrogens is 1. The number of nitrogens with zero attached hydrogens (tertiary/aromatic N) is 2. The summed E-state index contributed by atoms with van der Waals surface area (Å²) in [5.74, 6) is -1.74. The van der Waals surface area contributed by atoms with Crippen molar-refractivity contribution in [2.75, 3.05) is 12.0 Å². The Bertz CT molecular complexity index is 1240. The van der Waals surface area contributed by atoms with Gasteiger partial charge in [0.2, 0.25) is 0 Å². The summed E-state index contributed by atoms with van der Waals surface area (Å²) in [6.07, 6.45) is 3.11. The lowest BCUT2D eigenvalue weighted by atomic mass is 9.93. The lowest BCUT2D eigenvalue weighted by molar-refractivity contribution is -0.132. The molecule has 1 aliphatic rings. The first-order valence-corrected chi connectivity index (χ1v) is 9.95. The van der Waals surface area contributed by atoms with Crippen LogP contribution >= 0.6 is 0 Å². The van der Waals surface area contributed by atoms with E-state index in [9.17, 15) is 19.1 Å². The number of ketones is 1. The fourth-order valence-electron chi connectivity index (χ4n) is 3.96. The number of aryl methyl sites for hydroxylation is 2. The van der Waals surface area contributed by atoms with Crippen LogP contribution in [-0.2, 0) is 9.59 Å². The standard InChI is InChI=1S/C25H21FN2O4/c1-14-12-20(32-3)15(2)11-19(14)23(29)21-22(16-5-4-10-27-13-16)28(25(31)24(21)30)18-8-6-17(26)7-9-18/h4-13,22,29H,1-3H3/b23-21+. The van der Waals surface area contributed by atoms with E-state index in [2.05, 4.69) is 4.98 Å². The van der Waals surface area contributed by atoms with Gasteiger partial charge in [-0.05, 0) is 73.0 Å². The maximum absolute atomic E-state index is 13.5. The van der Waals surface area contributed by atoms with Crippen molar-refractivity contribution in [3.8, 4) is 5.75 Å². The van der Waals surface area contributed by atoms with Crippen molar-refractivity contribution in [3.05, 3.63) is 94.6 Å². The average Bonchev–Trinajstić information content (AvgIpc) is 3.06. The number of hydrogen-bond acceptors (Lipinski definition) is 5. The van der Waals surface area contributed by atoms with Crippen LogP contribution in [0.2, 0.25) is 0 Å². The first-order valence-electron chi connectivity index (χ1n) is 9.95. The number of amides is 1. The summed E-state index contributed by atoms with van der Waals surface area (Å²) >= 11 is 0. The number of Topliss-reactive ketones (excluding diaryl/α,β-unsaturated/α-hetero) is 1. The molecule has 1 saturated heterocycles. The SMILES string of the molecule is COc1cc(C)c(/C(O)=C2\C(=O)C(=O)N(c3ccc(F)cc3)C2c2cccnc2)cc1C. The minimum atomic E-state index is -0.920. The van der Waals surface area contributed by atoms with E-state index in [0.717, 1.165) is 5.56 Å². The number of methoxy groups -OCH3 is 1. The number of carbonyl (C=O) groups is 2. The zero-order valence-corrected chi connectivity index (χ0v) is 17.8. The van der Waals surface area contributed by atoms with Crippen molar-refractivity contribution in [2.24, 2.45) is 0 Å². The summed E-state index contributed by atoms with van der Waals surface area (Å²) < 4.78 is 18.8. The zero-order chi connectivity index (χ0) is 23.0. The van der Waals surface area contributed by atoms with Gasteiger partial charge >= 0.3 is 0 Å². The molecule has 1 aromatic heterocycles. The predicted octanol–water partition coefficient (Wildman–Crippen LogP) is 4.47. The van der Waals surface area contributed by atoms with E-state index < -0.39 is 23.5 Å². The van der Waals surface area contributed by atoms with E-state index in [-0.39, 0.29) is 11.3 Å². The molecule has 0 radical (unpaired) electrons. The van der Waals surface area contributed by atoms with Crippen molar-refractivity contribution in [2.45, 2.75) is 19.9 Å². The van der Waals surface area contributed by atoms with Crippen LogP contribution in [0, 0.1) is 19.7 Å². The summed E-state index contributed by atoms with van der Waals surface area (Å²) in [6.45, 7) is 3.61. The van der Waals surface area contributed by atoms with Crippen LogP contribution in [0.15, 0.2) is 66.5 Å². The second-order valence-electron chi connectivity index (χ2n) is 7.57. The highest BCUT2D eigenvalue weighted by Crippen LogP contribution is 2.42. The van der Waals surface area contributed by atoms with Crippen molar-refractivity contribution in [3.63, 3.8) is 0 Å². The van der Waals surface area contributed by atoms with Crippen LogP contribution in [0.3, 0.4) is 0 Å². The largest absolute Gasteiger partial charge is 0.507 e.